The van der Waals surface area contributed by atoms with Crippen molar-refractivity contribution in [1.82, 2.24) is 19.6 Å². The summed E-state index contributed by atoms with van der Waals surface area (Å²) in [5.74, 6) is -1.02. The van der Waals surface area contributed by atoms with E-state index in [-0.39, 0.29) is 24.0 Å². The van der Waals surface area contributed by atoms with Crippen LogP contribution in [0.25, 0.3) is 11.0 Å². The van der Waals surface area contributed by atoms with Gasteiger partial charge in [0.1, 0.15) is 5.82 Å². The highest BCUT2D eigenvalue weighted by molar-refractivity contribution is 7.89. The van der Waals surface area contributed by atoms with Crippen molar-refractivity contribution in [3.8, 4) is 0 Å². The van der Waals surface area contributed by atoms with E-state index in [1.54, 1.807) is 0 Å². The predicted octanol–water partition coefficient (Wildman–Crippen LogP) is 2.62. The van der Waals surface area contributed by atoms with Gasteiger partial charge in [0.2, 0.25) is 10.0 Å². The van der Waals surface area contributed by atoms with Crippen molar-refractivity contribution >= 4 is 32.8 Å². The van der Waals surface area contributed by atoms with E-state index in [9.17, 15) is 32.5 Å². The number of hydrogen-bond acceptors (Lipinski definition) is 7. The van der Waals surface area contributed by atoms with Crippen molar-refractivity contribution in [2.24, 2.45) is 5.92 Å². The third-order valence-corrected chi connectivity index (χ3v) is 8.05. The van der Waals surface area contributed by atoms with Gasteiger partial charge in [-0.05, 0) is 43.7 Å². The first-order valence-corrected chi connectivity index (χ1v) is 12.9. The van der Waals surface area contributed by atoms with E-state index in [0.717, 1.165) is 24.4 Å². The van der Waals surface area contributed by atoms with Crippen LogP contribution in [0.15, 0.2) is 58.4 Å². The molecule has 1 saturated carbocycles. The number of nitrogens with zero attached hydrogens (tertiary/aromatic N) is 3. The predicted molar refractivity (Wildman–Crippen MR) is 130 cm³/mol. The first-order valence-electron chi connectivity index (χ1n) is 11.5. The Morgan fingerprint density at radius 1 is 1.22 bits per heavy atom. The Hall–Kier alpha value is -3.91. The standard InChI is InChI=1S/C23H24FN5O7S/c24-15-11-20-17(25-12-15)9-10-22(30)28(20)13-18(14-5-7-16(8-6-14)26-23(31)32)27-37(35,36)21-4-2-1-3-19(21)29(33)34/h1-4,9-12,14,16,18,26-27H,5-8,13H2,(H,31,32). The van der Waals surface area contributed by atoms with Crippen molar-refractivity contribution in [3.05, 3.63) is 74.9 Å². The molecule has 4 rings (SSSR count). The Balaban J connectivity index is 1.72. The minimum absolute atomic E-state index is 0.170. The number of sulfonamides is 1. The van der Waals surface area contributed by atoms with Gasteiger partial charge in [0.25, 0.3) is 11.2 Å². The Morgan fingerprint density at radius 3 is 2.59 bits per heavy atom. The monoisotopic (exact) mass is 533 g/mol. The number of para-hydroxylation sites is 1. The largest absolute Gasteiger partial charge is 0.465 e. The minimum Gasteiger partial charge on any atom is -0.465 e. The van der Waals surface area contributed by atoms with Crippen molar-refractivity contribution in [1.29, 1.82) is 0 Å². The number of rotatable bonds is 8. The van der Waals surface area contributed by atoms with Crippen LogP contribution in [0.4, 0.5) is 14.9 Å². The Bertz CT molecular complexity index is 1500. The fourth-order valence-corrected chi connectivity index (χ4v) is 6.22. The van der Waals surface area contributed by atoms with Gasteiger partial charge in [0.15, 0.2) is 4.90 Å². The lowest BCUT2D eigenvalue weighted by atomic mass is 9.81. The van der Waals surface area contributed by atoms with Gasteiger partial charge < -0.3 is 15.0 Å². The minimum atomic E-state index is -4.42. The van der Waals surface area contributed by atoms with Crippen LogP contribution < -0.4 is 15.6 Å². The van der Waals surface area contributed by atoms with E-state index < -0.39 is 49.0 Å². The first-order chi connectivity index (χ1) is 17.5. The number of amides is 1. The molecule has 14 heteroatoms. The van der Waals surface area contributed by atoms with Gasteiger partial charge in [0, 0.05) is 36.8 Å². The topological polar surface area (TPSA) is 174 Å². The molecule has 1 aliphatic rings. The third-order valence-electron chi connectivity index (χ3n) is 6.51. The van der Waals surface area contributed by atoms with Gasteiger partial charge in [-0.2, -0.15) is 0 Å². The van der Waals surface area contributed by atoms with Crippen molar-refractivity contribution in [2.75, 3.05) is 0 Å². The highest BCUT2D eigenvalue weighted by Gasteiger charge is 2.34. The first kappa shape index (κ1) is 26.2. The number of pyridine rings is 2. The molecule has 196 valence electrons. The van der Waals surface area contributed by atoms with Crippen LogP contribution in [0.5, 0.6) is 0 Å². The van der Waals surface area contributed by atoms with Crippen molar-refractivity contribution in [3.63, 3.8) is 0 Å². The van der Waals surface area contributed by atoms with Gasteiger partial charge in [-0.25, -0.2) is 22.3 Å². The van der Waals surface area contributed by atoms with E-state index in [2.05, 4.69) is 15.0 Å². The molecule has 1 aromatic carbocycles. The SMILES string of the molecule is O=C(O)NC1CCC(C(Cn2c(=O)ccc3ncc(F)cc32)NS(=O)(=O)c2ccccc2[N+](=O)[O-])CC1. The number of carbonyl (C=O) groups is 1. The molecule has 1 aliphatic carbocycles. The van der Waals surface area contributed by atoms with Crippen LogP contribution in [0, 0.1) is 21.8 Å². The lowest BCUT2D eigenvalue weighted by Gasteiger charge is -2.34. The molecule has 0 radical (unpaired) electrons. The number of benzene rings is 1. The molecule has 2 heterocycles. The van der Waals surface area contributed by atoms with Crippen LogP contribution in [0.3, 0.4) is 0 Å². The highest BCUT2D eigenvalue weighted by Crippen LogP contribution is 2.30. The molecule has 0 bridgehead atoms. The van der Waals surface area contributed by atoms with Crippen LogP contribution in [0.2, 0.25) is 0 Å². The zero-order valence-electron chi connectivity index (χ0n) is 19.4. The number of fused-ring (bicyclic) bond motifs is 1. The van der Waals surface area contributed by atoms with Crippen LogP contribution in [0.1, 0.15) is 25.7 Å². The summed E-state index contributed by atoms with van der Waals surface area (Å²) in [7, 11) is -4.42. The normalized spacial score (nSPS) is 18.8. The summed E-state index contributed by atoms with van der Waals surface area (Å²) >= 11 is 0. The zero-order valence-corrected chi connectivity index (χ0v) is 20.2. The highest BCUT2D eigenvalue weighted by atomic mass is 32.2. The quantitative estimate of drug-likeness (QED) is 0.293. The smallest absolute Gasteiger partial charge is 0.404 e. The maximum absolute atomic E-state index is 14.0. The summed E-state index contributed by atoms with van der Waals surface area (Å²) in [6.45, 7) is -0.192. The molecule has 1 fully saturated rings. The number of nitrogens with one attached hydrogen (secondary N) is 2. The van der Waals surface area contributed by atoms with Gasteiger partial charge in [-0.1, -0.05) is 12.1 Å². The summed E-state index contributed by atoms with van der Waals surface area (Å²) < 4.78 is 44.5. The molecule has 3 aromatic rings. The van der Waals surface area contributed by atoms with Gasteiger partial charge >= 0.3 is 6.09 Å². The second kappa shape index (κ2) is 10.6. The van der Waals surface area contributed by atoms with E-state index >= 15 is 0 Å². The van der Waals surface area contributed by atoms with Crippen molar-refractivity contribution < 1.29 is 27.6 Å². The average Bonchev–Trinajstić information content (AvgIpc) is 2.85. The molecule has 1 unspecified atom stereocenters. The molecule has 3 N–H and O–H groups in total. The summed E-state index contributed by atoms with van der Waals surface area (Å²) in [6.07, 6.45) is 1.54. The summed E-state index contributed by atoms with van der Waals surface area (Å²) in [4.78, 5) is 37.9. The Labute approximate surface area is 210 Å². The maximum atomic E-state index is 14.0. The van der Waals surface area contributed by atoms with Crippen LogP contribution in [-0.2, 0) is 16.6 Å². The number of halogens is 1. The lowest BCUT2D eigenvalue weighted by Crippen LogP contribution is -2.47. The maximum Gasteiger partial charge on any atom is 0.404 e. The summed E-state index contributed by atoms with van der Waals surface area (Å²) in [5.41, 5.74) is -0.605. The van der Waals surface area contributed by atoms with Gasteiger partial charge in [0.05, 0.1) is 22.2 Å². The molecule has 0 aliphatic heterocycles. The number of hydrogen-bond donors (Lipinski definition) is 3. The van der Waals surface area contributed by atoms with Crippen molar-refractivity contribution in [2.45, 2.75) is 49.2 Å². The molecule has 1 atom stereocenters. The molecule has 12 nitrogen and oxygen atoms in total. The summed E-state index contributed by atoms with van der Waals surface area (Å²) in [5, 5.41) is 22.9. The Morgan fingerprint density at radius 2 is 1.92 bits per heavy atom. The molecule has 1 amide bonds. The second-order valence-corrected chi connectivity index (χ2v) is 10.5. The average molecular weight is 534 g/mol. The van der Waals surface area contributed by atoms with E-state index in [1.807, 2.05) is 0 Å². The van der Waals surface area contributed by atoms with E-state index in [0.29, 0.717) is 31.2 Å². The molecular weight excluding hydrogens is 509 g/mol. The van der Waals surface area contributed by atoms with Crippen LogP contribution in [-0.4, -0.2) is 46.2 Å². The van der Waals surface area contributed by atoms with E-state index in [1.165, 1.54) is 28.8 Å². The van der Waals surface area contributed by atoms with E-state index in [4.69, 9.17) is 5.11 Å². The second-order valence-electron chi connectivity index (χ2n) is 8.85. The van der Waals surface area contributed by atoms with Crippen LogP contribution >= 0.6 is 0 Å². The number of carboxylic acid groups (broad SMARTS) is 1. The fourth-order valence-electron chi connectivity index (χ4n) is 4.75. The zero-order chi connectivity index (χ0) is 26.7. The number of aromatic nitrogens is 2. The molecular formula is C23H24FN5O7S. The molecule has 37 heavy (non-hydrogen) atoms. The lowest BCUT2D eigenvalue weighted by molar-refractivity contribution is -0.387. The molecule has 0 saturated heterocycles. The fraction of sp³-hybridized carbons (Fsp3) is 0.348. The number of nitro benzene ring substituents is 1. The molecule has 0 spiro atoms. The summed E-state index contributed by atoms with van der Waals surface area (Å²) in [6, 6.07) is 7.50. The third kappa shape index (κ3) is 5.91. The van der Waals surface area contributed by atoms with Gasteiger partial charge in [-0.15, -0.1) is 0 Å². The number of nitro groups is 1. The molecule has 2 aromatic heterocycles. The Kier molecular flexibility index (Phi) is 7.50. The van der Waals surface area contributed by atoms with Gasteiger partial charge in [-0.3, -0.25) is 19.9 Å².